The quantitative estimate of drug-likeness (QED) is 0.756. The molecular weight excluding hydrogens is 300 g/mol. The molecule has 3 rings (SSSR count). The number of aromatic amines is 1. The van der Waals surface area contributed by atoms with Crippen LogP contribution in [0.25, 0.3) is 10.9 Å². The topological polar surface area (TPSA) is 59.5 Å². The van der Waals surface area contributed by atoms with E-state index in [1.807, 2.05) is 12.1 Å². The summed E-state index contributed by atoms with van der Waals surface area (Å²) in [6.45, 7) is 5.87. The summed E-state index contributed by atoms with van der Waals surface area (Å²) in [4.78, 5) is 5.79. The standard InChI is InChI=1S/C20H28N2O2/c1-4-15-11-22(3)10-9-17(15)20(12-23,13-24)19-14(2)16-7-5-6-8-18(16)21-19/h4-8,17,21,23-24H,9-13H2,1-3H3. The van der Waals surface area contributed by atoms with E-state index in [-0.39, 0.29) is 19.1 Å². The Hall–Kier alpha value is -1.62. The van der Waals surface area contributed by atoms with Gasteiger partial charge in [-0.05, 0) is 51.4 Å². The van der Waals surface area contributed by atoms with Crippen molar-refractivity contribution in [2.45, 2.75) is 25.7 Å². The zero-order chi connectivity index (χ0) is 17.3. The fourth-order valence-corrected chi connectivity index (χ4v) is 4.34. The summed E-state index contributed by atoms with van der Waals surface area (Å²) in [5.41, 5.74) is 3.79. The monoisotopic (exact) mass is 328 g/mol. The van der Waals surface area contributed by atoms with Gasteiger partial charge in [0.25, 0.3) is 0 Å². The first-order valence-corrected chi connectivity index (χ1v) is 8.70. The van der Waals surface area contributed by atoms with Crippen molar-refractivity contribution < 1.29 is 10.2 Å². The minimum absolute atomic E-state index is 0.0666. The molecule has 2 aromatic rings. The maximum absolute atomic E-state index is 10.4. The maximum atomic E-state index is 10.4. The van der Waals surface area contributed by atoms with E-state index < -0.39 is 5.41 Å². The lowest BCUT2D eigenvalue weighted by atomic mass is 9.66. The number of aromatic nitrogens is 1. The van der Waals surface area contributed by atoms with E-state index in [9.17, 15) is 10.2 Å². The number of hydrogen-bond acceptors (Lipinski definition) is 3. The smallest absolute Gasteiger partial charge is 0.0634 e. The highest BCUT2D eigenvalue weighted by Crippen LogP contribution is 2.43. The van der Waals surface area contributed by atoms with Gasteiger partial charge in [-0.2, -0.15) is 0 Å². The average Bonchev–Trinajstić information content (AvgIpc) is 2.95. The third-order valence-electron chi connectivity index (χ3n) is 5.77. The lowest BCUT2D eigenvalue weighted by Crippen LogP contribution is -2.49. The summed E-state index contributed by atoms with van der Waals surface area (Å²) in [6.07, 6.45) is 3.09. The van der Waals surface area contributed by atoms with Crippen LogP contribution in [0.15, 0.2) is 35.9 Å². The van der Waals surface area contributed by atoms with Crippen molar-refractivity contribution in [2.24, 2.45) is 5.92 Å². The van der Waals surface area contributed by atoms with Gasteiger partial charge in [-0.3, -0.25) is 0 Å². The number of likely N-dealkylation sites (tertiary alicyclic amines) is 1. The number of rotatable bonds is 4. The molecule has 1 aliphatic heterocycles. The van der Waals surface area contributed by atoms with Crippen LogP contribution in [0, 0.1) is 12.8 Å². The molecule has 1 fully saturated rings. The molecular formula is C20H28N2O2. The number of allylic oxidation sites excluding steroid dienone is 1. The van der Waals surface area contributed by atoms with Gasteiger partial charge in [-0.25, -0.2) is 0 Å². The second-order valence-corrected chi connectivity index (χ2v) is 7.09. The van der Waals surface area contributed by atoms with Crippen LogP contribution in [0.1, 0.15) is 24.6 Å². The summed E-state index contributed by atoms with van der Waals surface area (Å²) in [5, 5.41) is 21.9. The van der Waals surface area contributed by atoms with E-state index in [4.69, 9.17) is 0 Å². The zero-order valence-corrected chi connectivity index (χ0v) is 14.8. The molecule has 0 saturated carbocycles. The number of benzene rings is 1. The minimum atomic E-state index is -0.674. The molecule has 24 heavy (non-hydrogen) atoms. The summed E-state index contributed by atoms with van der Waals surface area (Å²) in [6, 6.07) is 8.18. The average molecular weight is 328 g/mol. The molecule has 0 bridgehead atoms. The SMILES string of the molecule is CC=C1CN(C)CCC1C(CO)(CO)c1[nH]c2ccccc2c1C. The van der Waals surface area contributed by atoms with Gasteiger partial charge in [0, 0.05) is 23.1 Å². The highest BCUT2D eigenvalue weighted by molar-refractivity contribution is 5.84. The van der Waals surface area contributed by atoms with Crippen molar-refractivity contribution in [1.29, 1.82) is 0 Å². The van der Waals surface area contributed by atoms with Gasteiger partial charge < -0.3 is 20.1 Å². The Labute approximate surface area is 143 Å². The number of H-pyrrole nitrogens is 1. The lowest BCUT2D eigenvalue weighted by molar-refractivity contribution is 0.0607. The summed E-state index contributed by atoms with van der Waals surface area (Å²) in [7, 11) is 2.12. The van der Waals surface area contributed by atoms with E-state index in [1.165, 1.54) is 5.57 Å². The molecule has 0 radical (unpaired) electrons. The Morgan fingerprint density at radius 3 is 2.62 bits per heavy atom. The van der Waals surface area contributed by atoms with Crippen LogP contribution < -0.4 is 0 Å². The molecule has 1 aromatic carbocycles. The van der Waals surface area contributed by atoms with E-state index >= 15 is 0 Å². The Bertz CT molecular complexity index is 743. The molecule has 1 aromatic heterocycles. The Morgan fingerprint density at radius 2 is 2.00 bits per heavy atom. The van der Waals surface area contributed by atoms with Crippen molar-refractivity contribution in [3.63, 3.8) is 0 Å². The number of aryl methyl sites for hydroxylation is 1. The van der Waals surface area contributed by atoms with Gasteiger partial charge in [0.15, 0.2) is 0 Å². The van der Waals surface area contributed by atoms with Gasteiger partial charge in [0.1, 0.15) is 0 Å². The number of nitrogens with one attached hydrogen (secondary N) is 1. The number of para-hydroxylation sites is 1. The fraction of sp³-hybridized carbons (Fsp3) is 0.500. The van der Waals surface area contributed by atoms with Crippen LogP contribution in [0.4, 0.5) is 0 Å². The highest BCUT2D eigenvalue weighted by atomic mass is 16.3. The Kier molecular flexibility index (Phi) is 4.81. The van der Waals surface area contributed by atoms with Crippen molar-refractivity contribution in [1.82, 2.24) is 9.88 Å². The summed E-state index contributed by atoms with van der Waals surface area (Å²) in [5.74, 6) is 0.139. The molecule has 0 aliphatic carbocycles. The number of likely N-dealkylation sites (N-methyl/N-ethyl adjacent to an activating group) is 1. The van der Waals surface area contributed by atoms with E-state index in [2.05, 4.69) is 49.0 Å². The van der Waals surface area contributed by atoms with Crippen molar-refractivity contribution in [3.8, 4) is 0 Å². The molecule has 2 heterocycles. The van der Waals surface area contributed by atoms with Gasteiger partial charge in [0.2, 0.25) is 0 Å². The van der Waals surface area contributed by atoms with Crippen LogP contribution in [-0.4, -0.2) is 53.4 Å². The second-order valence-electron chi connectivity index (χ2n) is 7.09. The molecule has 0 amide bonds. The molecule has 4 nitrogen and oxygen atoms in total. The van der Waals surface area contributed by atoms with Crippen LogP contribution in [0.3, 0.4) is 0 Å². The van der Waals surface area contributed by atoms with Crippen LogP contribution in [0.2, 0.25) is 0 Å². The predicted octanol–water partition coefficient (Wildman–Crippen LogP) is 2.60. The van der Waals surface area contributed by atoms with Crippen molar-refractivity contribution >= 4 is 10.9 Å². The highest BCUT2D eigenvalue weighted by Gasteiger charge is 2.45. The largest absolute Gasteiger partial charge is 0.395 e. The molecule has 1 atom stereocenters. The normalized spacial score (nSPS) is 21.7. The number of nitrogens with zero attached hydrogens (tertiary/aromatic N) is 1. The van der Waals surface area contributed by atoms with Crippen molar-refractivity contribution in [2.75, 3.05) is 33.4 Å². The van der Waals surface area contributed by atoms with Gasteiger partial charge in [-0.1, -0.05) is 29.8 Å². The van der Waals surface area contributed by atoms with Gasteiger partial charge >= 0.3 is 0 Å². The number of aliphatic hydroxyl groups is 2. The van der Waals surface area contributed by atoms with Gasteiger partial charge in [0.05, 0.1) is 18.6 Å². The van der Waals surface area contributed by atoms with E-state index in [0.29, 0.717) is 0 Å². The second kappa shape index (κ2) is 6.71. The Morgan fingerprint density at radius 1 is 1.29 bits per heavy atom. The molecule has 3 N–H and O–H groups in total. The molecule has 130 valence electrons. The number of hydrogen-bond donors (Lipinski definition) is 3. The first kappa shape index (κ1) is 17.2. The predicted molar refractivity (Wildman–Crippen MR) is 98.2 cm³/mol. The van der Waals surface area contributed by atoms with Gasteiger partial charge in [-0.15, -0.1) is 0 Å². The third kappa shape index (κ3) is 2.59. The number of piperidine rings is 1. The first-order valence-electron chi connectivity index (χ1n) is 8.70. The van der Waals surface area contributed by atoms with Crippen molar-refractivity contribution in [3.05, 3.63) is 47.2 Å². The number of fused-ring (bicyclic) bond motifs is 1. The zero-order valence-electron chi connectivity index (χ0n) is 14.8. The molecule has 4 heteroatoms. The fourth-order valence-electron chi connectivity index (χ4n) is 4.34. The van der Waals surface area contributed by atoms with Crippen LogP contribution in [0.5, 0.6) is 0 Å². The summed E-state index contributed by atoms with van der Waals surface area (Å²) < 4.78 is 0. The van der Waals surface area contributed by atoms with E-state index in [0.717, 1.165) is 41.7 Å². The van der Waals surface area contributed by atoms with Crippen LogP contribution in [-0.2, 0) is 5.41 Å². The first-order chi connectivity index (χ1) is 11.6. The molecule has 1 saturated heterocycles. The Balaban J connectivity index is 2.15. The molecule has 1 unspecified atom stereocenters. The minimum Gasteiger partial charge on any atom is -0.395 e. The summed E-state index contributed by atoms with van der Waals surface area (Å²) >= 11 is 0. The molecule has 0 spiro atoms. The maximum Gasteiger partial charge on any atom is 0.0634 e. The lowest BCUT2D eigenvalue weighted by Gasteiger charge is -2.44. The third-order valence-corrected chi connectivity index (χ3v) is 5.77. The van der Waals surface area contributed by atoms with E-state index in [1.54, 1.807) is 0 Å². The number of aliphatic hydroxyl groups excluding tert-OH is 2. The van der Waals surface area contributed by atoms with Crippen LogP contribution >= 0.6 is 0 Å². The molecule has 1 aliphatic rings.